The van der Waals surface area contributed by atoms with Gasteiger partial charge >= 0.3 is 0 Å². The van der Waals surface area contributed by atoms with Crippen molar-refractivity contribution in [1.29, 1.82) is 0 Å². The van der Waals surface area contributed by atoms with Gasteiger partial charge in [0.05, 0.1) is 6.54 Å². The molecule has 5 nitrogen and oxygen atoms in total. The quantitative estimate of drug-likeness (QED) is 0.942. The topological polar surface area (TPSA) is 58.1 Å². The minimum Gasteiger partial charge on any atom is -0.357 e. The van der Waals surface area contributed by atoms with Crippen molar-refractivity contribution in [1.82, 2.24) is 15.3 Å². The number of carbonyl (C=O) groups excluding carboxylic acids is 1. The van der Waals surface area contributed by atoms with E-state index in [1.165, 1.54) is 25.6 Å². The summed E-state index contributed by atoms with van der Waals surface area (Å²) in [5, 5.41) is 4.89. The smallest absolute Gasteiger partial charge is 0.270 e. The van der Waals surface area contributed by atoms with Gasteiger partial charge < -0.3 is 10.2 Å². The Labute approximate surface area is 128 Å². The summed E-state index contributed by atoms with van der Waals surface area (Å²) in [7, 11) is 0. The molecule has 0 aliphatic carbocycles. The molecule has 0 spiro atoms. The maximum Gasteiger partial charge on any atom is 0.270 e. The monoisotopic (exact) mass is 302 g/mol. The van der Waals surface area contributed by atoms with Gasteiger partial charge in [-0.1, -0.05) is 6.07 Å². The summed E-state index contributed by atoms with van der Waals surface area (Å²) < 4.78 is 0. The Balaban J connectivity index is 1.65. The van der Waals surface area contributed by atoms with Crippen LogP contribution in [0.1, 0.15) is 34.6 Å². The minimum atomic E-state index is -0.149. The second-order valence-corrected chi connectivity index (χ2v) is 6.10. The largest absolute Gasteiger partial charge is 0.357 e. The van der Waals surface area contributed by atoms with Crippen LogP contribution in [0.3, 0.4) is 0 Å². The highest BCUT2D eigenvalue weighted by Crippen LogP contribution is 2.17. The van der Waals surface area contributed by atoms with E-state index in [0.717, 1.165) is 23.8 Å². The molecule has 2 aromatic rings. The maximum atomic E-state index is 12.2. The molecule has 1 fully saturated rings. The van der Waals surface area contributed by atoms with E-state index >= 15 is 0 Å². The van der Waals surface area contributed by atoms with Gasteiger partial charge in [0, 0.05) is 24.0 Å². The highest BCUT2D eigenvalue weighted by molar-refractivity contribution is 7.09. The first kappa shape index (κ1) is 14.0. The predicted octanol–water partition coefficient (Wildman–Crippen LogP) is 2.46. The van der Waals surface area contributed by atoms with E-state index in [1.807, 2.05) is 17.5 Å². The van der Waals surface area contributed by atoms with Crippen molar-refractivity contribution in [3.63, 3.8) is 0 Å². The van der Waals surface area contributed by atoms with Gasteiger partial charge in [0.15, 0.2) is 0 Å². The predicted molar refractivity (Wildman–Crippen MR) is 83.6 cm³/mol. The van der Waals surface area contributed by atoms with Crippen LogP contribution in [0, 0.1) is 0 Å². The van der Waals surface area contributed by atoms with E-state index in [1.54, 1.807) is 17.4 Å². The lowest BCUT2D eigenvalue weighted by molar-refractivity contribution is 0.0946. The van der Waals surface area contributed by atoms with Gasteiger partial charge in [-0.15, -0.1) is 11.3 Å². The highest BCUT2D eigenvalue weighted by Gasteiger charge is 2.15. The number of piperidine rings is 1. The molecular weight excluding hydrogens is 284 g/mol. The number of thiophene rings is 1. The molecule has 6 heteroatoms. The van der Waals surface area contributed by atoms with E-state index in [2.05, 4.69) is 20.2 Å². The molecule has 1 aliphatic rings. The van der Waals surface area contributed by atoms with Gasteiger partial charge in [-0.05, 0) is 30.7 Å². The first-order valence-corrected chi connectivity index (χ1v) is 8.08. The molecule has 0 unspecified atom stereocenters. The number of anilines is 1. The molecule has 0 atom stereocenters. The van der Waals surface area contributed by atoms with Crippen LogP contribution in [0.15, 0.2) is 29.9 Å². The Hall–Kier alpha value is -1.95. The molecule has 1 amide bonds. The van der Waals surface area contributed by atoms with Crippen LogP contribution in [-0.2, 0) is 6.54 Å². The van der Waals surface area contributed by atoms with E-state index in [4.69, 9.17) is 0 Å². The third kappa shape index (κ3) is 3.58. The molecule has 1 saturated heterocycles. The Morgan fingerprint density at radius 1 is 1.29 bits per heavy atom. The maximum absolute atomic E-state index is 12.2. The van der Waals surface area contributed by atoms with E-state index in [9.17, 15) is 4.79 Å². The summed E-state index contributed by atoms with van der Waals surface area (Å²) >= 11 is 1.63. The van der Waals surface area contributed by atoms with Crippen LogP contribution in [-0.4, -0.2) is 29.0 Å². The standard InChI is InChI=1S/C15H18N4OS/c20-15(16-10-12-5-4-8-21-12)13-9-14(18-11-17-13)19-6-2-1-3-7-19/h4-5,8-9,11H,1-3,6-7,10H2,(H,16,20). The SMILES string of the molecule is O=C(NCc1cccs1)c1cc(N2CCCCC2)ncn1. The Morgan fingerprint density at radius 3 is 2.90 bits per heavy atom. The average Bonchev–Trinajstić information content (AvgIpc) is 3.07. The van der Waals surface area contributed by atoms with Gasteiger partial charge in [0.2, 0.25) is 0 Å². The number of rotatable bonds is 4. The molecule has 0 radical (unpaired) electrons. The molecule has 3 heterocycles. The molecule has 21 heavy (non-hydrogen) atoms. The fraction of sp³-hybridized carbons (Fsp3) is 0.400. The molecule has 1 N–H and O–H groups in total. The summed E-state index contributed by atoms with van der Waals surface area (Å²) in [6, 6.07) is 5.77. The Kier molecular flexibility index (Phi) is 4.45. The number of aromatic nitrogens is 2. The number of carbonyl (C=O) groups is 1. The van der Waals surface area contributed by atoms with E-state index < -0.39 is 0 Å². The zero-order chi connectivity index (χ0) is 14.5. The van der Waals surface area contributed by atoms with Crippen LogP contribution >= 0.6 is 11.3 Å². The molecule has 0 saturated carbocycles. The van der Waals surface area contributed by atoms with E-state index in [-0.39, 0.29) is 5.91 Å². The van der Waals surface area contributed by atoms with Crippen molar-refractivity contribution in [3.8, 4) is 0 Å². The highest BCUT2D eigenvalue weighted by atomic mass is 32.1. The second kappa shape index (κ2) is 6.67. The van der Waals surface area contributed by atoms with Crippen LogP contribution in [0.5, 0.6) is 0 Å². The van der Waals surface area contributed by atoms with Crippen molar-refractivity contribution in [2.45, 2.75) is 25.8 Å². The number of hydrogen-bond acceptors (Lipinski definition) is 5. The summed E-state index contributed by atoms with van der Waals surface area (Å²) in [6.45, 7) is 2.56. The summed E-state index contributed by atoms with van der Waals surface area (Å²) in [6.07, 6.45) is 5.12. The van der Waals surface area contributed by atoms with Crippen LogP contribution in [0.2, 0.25) is 0 Å². The lowest BCUT2D eigenvalue weighted by Gasteiger charge is -2.27. The molecule has 0 bridgehead atoms. The Bertz CT molecular complexity index is 593. The summed E-state index contributed by atoms with van der Waals surface area (Å²) in [4.78, 5) is 23.9. The second-order valence-electron chi connectivity index (χ2n) is 5.07. The summed E-state index contributed by atoms with van der Waals surface area (Å²) in [5.41, 5.74) is 0.433. The molecule has 1 aliphatic heterocycles. The normalized spacial score (nSPS) is 15.0. The minimum absolute atomic E-state index is 0.149. The number of amides is 1. The summed E-state index contributed by atoms with van der Waals surface area (Å²) in [5.74, 6) is 0.704. The van der Waals surface area contributed by atoms with Crippen molar-refractivity contribution < 1.29 is 4.79 Å². The first-order valence-electron chi connectivity index (χ1n) is 7.20. The van der Waals surface area contributed by atoms with Crippen molar-refractivity contribution in [2.75, 3.05) is 18.0 Å². The third-order valence-electron chi connectivity index (χ3n) is 3.57. The molecule has 3 rings (SSSR count). The van der Waals surface area contributed by atoms with Gasteiger partial charge in [0.1, 0.15) is 17.8 Å². The number of nitrogens with one attached hydrogen (secondary N) is 1. The fourth-order valence-corrected chi connectivity index (χ4v) is 3.08. The van der Waals surface area contributed by atoms with Gasteiger partial charge in [-0.2, -0.15) is 0 Å². The fourth-order valence-electron chi connectivity index (χ4n) is 2.44. The molecule has 110 valence electrons. The lowest BCUT2D eigenvalue weighted by atomic mass is 10.1. The number of nitrogens with zero attached hydrogens (tertiary/aromatic N) is 3. The number of hydrogen-bond donors (Lipinski definition) is 1. The average molecular weight is 302 g/mol. The third-order valence-corrected chi connectivity index (χ3v) is 4.45. The van der Waals surface area contributed by atoms with Crippen LogP contribution < -0.4 is 10.2 Å². The lowest BCUT2D eigenvalue weighted by Crippen LogP contribution is -2.31. The molecule has 2 aromatic heterocycles. The van der Waals surface area contributed by atoms with Crippen LogP contribution in [0.4, 0.5) is 5.82 Å². The molecule has 0 aromatic carbocycles. The Morgan fingerprint density at radius 2 is 2.14 bits per heavy atom. The first-order chi connectivity index (χ1) is 10.3. The van der Waals surface area contributed by atoms with E-state index in [0.29, 0.717) is 12.2 Å². The molecular formula is C15H18N4OS. The van der Waals surface area contributed by atoms with Crippen molar-refractivity contribution in [2.24, 2.45) is 0 Å². The van der Waals surface area contributed by atoms with Crippen molar-refractivity contribution >= 4 is 23.1 Å². The van der Waals surface area contributed by atoms with Gasteiger partial charge in [-0.25, -0.2) is 9.97 Å². The zero-order valence-corrected chi connectivity index (χ0v) is 12.6. The van der Waals surface area contributed by atoms with Crippen molar-refractivity contribution in [3.05, 3.63) is 40.5 Å². The van der Waals surface area contributed by atoms with Crippen LogP contribution in [0.25, 0.3) is 0 Å². The van der Waals surface area contributed by atoms with Gasteiger partial charge in [0.25, 0.3) is 5.91 Å². The zero-order valence-electron chi connectivity index (χ0n) is 11.8. The van der Waals surface area contributed by atoms with Gasteiger partial charge in [-0.3, -0.25) is 4.79 Å².